The van der Waals surface area contributed by atoms with E-state index in [2.05, 4.69) is 20.9 Å². The van der Waals surface area contributed by atoms with E-state index in [0.717, 1.165) is 55.1 Å². The SMILES string of the molecule is CNC(=O)c1ccc(C2(O)CCC(N3CC[C@@H](NC(=O)CNC(=O)c4cccc(C(F)(F)F)c4)C3)CC2)c(C)c1. The predicted octanol–water partition coefficient (Wildman–Crippen LogP) is 3.12. The molecule has 40 heavy (non-hydrogen) atoms. The molecule has 3 amide bonds. The Hall–Kier alpha value is -3.44. The van der Waals surface area contributed by atoms with Crippen LogP contribution in [0.15, 0.2) is 42.5 Å². The first kappa shape index (κ1) is 29.5. The molecule has 4 rings (SSSR count). The second-order valence-corrected chi connectivity index (χ2v) is 10.7. The average Bonchev–Trinajstić information content (AvgIpc) is 3.39. The van der Waals surface area contributed by atoms with Gasteiger partial charge >= 0.3 is 6.18 Å². The van der Waals surface area contributed by atoms with Crippen LogP contribution >= 0.6 is 0 Å². The van der Waals surface area contributed by atoms with Crippen molar-refractivity contribution >= 4 is 17.7 Å². The van der Waals surface area contributed by atoms with E-state index in [9.17, 15) is 32.7 Å². The second kappa shape index (κ2) is 12.0. The number of likely N-dealkylation sites (tertiary alicyclic amines) is 1. The first-order valence-corrected chi connectivity index (χ1v) is 13.4. The van der Waals surface area contributed by atoms with E-state index in [1.54, 1.807) is 19.2 Å². The lowest BCUT2D eigenvalue weighted by Crippen LogP contribution is -2.45. The molecule has 0 radical (unpaired) electrons. The highest BCUT2D eigenvalue weighted by atomic mass is 19.4. The number of aryl methyl sites for hydroxylation is 1. The summed E-state index contributed by atoms with van der Waals surface area (Å²) in [6.07, 6.45) is -1.05. The minimum Gasteiger partial charge on any atom is -0.385 e. The van der Waals surface area contributed by atoms with Crippen molar-refractivity contribution in [3.63, 3.8) is 0 Å². The van der Waals surface area contributed by atoms with Gasteiger partial charge in [0.05, 0.1) is 17.7 Å². The zero-order chi connectivity index (χ0) is 29.1. The van der Waals surface area contributed by atoms with Crippen LogP contribution in [0.25, 0.3) is 0 Å². The molecule has 2 aromatic carbocycles. The fraction of sp³-hybridized carbons (Fsp3) is 0.483. The lowest BCUT2D eigenvalue weighted by molar-refractivity contribution is -0.137. The van der Waals surface area contributed by atoms with Gasteiger partial charge in [0.15, 0.2) is 0 Å². The lowest BCUT2D eigenvalue weighted by Gasteiger charge is -2.40. The number of benzene rings is 2. The minimum absolute atomic E-state index is 0.0988. The largest absolute Gasteiger partial charge is 0.416 e. The Morgan fingerprint density at radius 1 is 1.02 bits per heavy atom. The predicted molar refractivity (Wildman–Crippen MR) is 143 cm³/mol. The Morgan fingerprint density at radius 3 is 2.38 bits per heavy atom. The smallest absolute Gasteiger partial charge is 0.385 e. The number of halogens is 3. The summed E-state index contributed by atoms with van der Waals surface area (Å²) in [5.41, 5.74) is 0.243. The van der Waals surface area contributed by atoms with Gasteiger partial charge < -0.3 is 21.1 Å². The minimum atomic E-state index is -4.56. The number of alkyl halides is 3. The van der Waals surface area contributed by atoms with E-state index in [1.165, 1.54) is 6.07 Å². The van der Waals surface area contributed by atoms with Crippen LogP contribution in [-0.4, -0.2) is 66.5 Å². The molecule has 216 valence electrons. The second-order valence-electron chi connectivity index (χ2n) is 10.7. The third-order valence-electron chi connectivity index (χ3n) is 7.96. The molecule has 1 aliphatic carbocycles. The summed E-state index contributed by atoms with van der Waals surface area (Å²) in [6.45, 7) is 3.02. The van der Waals surface area contributed by atoms with Gasteiger partial charge in [-0.2, -0.15) is 13.2 Å². The molecule has 1 heterocycles. The Bertz CT molecular complexity index is 1260. The summed E-state index contributed by atoms with van der Waals surface area (Å²) in [5.74, 6) is -1.32. The number of rotatable bonds is 7. The molecule has 1 saturated heterocycles. The third-order valence-corrected chi connectivity index (χ3v) is 7.96. The molecule has 1 atom stereocenters. The van der Waals surface area contributed by atoms with Gasteiger partial charge in [0.25, 0.3) is 11.8 Å². The number of carbonyl (C=O) groups excluding carboxylic acids is 3. The Kier molecular flexibility index (Phi) is 8.84. The molecular weight excluding hydrogens is 525 g/mol. The Morgan fingerprint density at radius 2 is 1.73 bits per heavy atom. The molecule has 11 heteroatoms. The van der Waals surface area contributed by atoms with Gasteiger partial charge in [-0.3, -0.25) is 19.3 Å². The summed E-state index contributed by atoms with van der Waals surface area (Å²) in [4.78, 5) is 38.9. The summed E-state index contributed by atoms with van der Waals surface area (Å²) < 4.78 is 38.7. The fourth-order valence-electron chi connectivity index (χ4n) is 5.80. The molecule has 8 nitrogen and oxygen atoms in total. The zero-order valence-corrected chi connectivity index (χ0v) is 22.6. The van der Waals surface area contributed by atoms with Crippen molar-refractivity contribution in [2.75, 3.05) is 26.7 Å². The van der Waals surface area contributed by atoms with Crippen molar-refractivity contribution in [3.8, 4) is 0 Å². The highest BCUT2D eigenvalue weighted by Crippen LogP contribution is 2.40. The first-order valence-electron chi connectivity index (χ1n) is 13.4. The van der Waals surface area contributed by atoms with Crippen molar-refractivity contribution in [3.05, 3.63) is 70.3 Å². The maximum atomic E-state index is 12.9. The van der Waals surface area contributed by atoms with Crippen molar-refractivity contribution in [1.82, 2.24) is 20.9 Å². The number of carbonyl (C=O) groups is 3. The maximum Gasteiger partial charge on any atom is 0.416 e. The standard InChI is InChI=1S/C29H35F3N4O4/c1-18-14-20(26(38)33-2)6-7-24(18)28(40)11-8-23(9-12-28)36-13-10-22(17-36)35-25(37)16-34-27(39)19-4-3-5-21(15-19)29(30,31)32/h3-7,14-15,22-23,40H,8-13,16-17H2,1-2H3,(H,33,38)(H,34,39)(H,35,37)/t22-,23?,28?/m1/s1. The number of amides is 3. The molecule has 2 aromatic rings. The number of nitrogens with zero attached hydrogens (tertiary/aromatic N) is 1. The number of aliphatic hydroxyl groups is 1. The van der Waals surface area contributed by atoms with E-state index in [-0.39, 0.29) is 30.1 Å². The van der Waals surface area contributed by atoms with Crippen LogP contribution in [0.3, 0.4) is 0 Å². The highest BCUT2D eigenvalue weighted by molar-refractivity contribution is 5.96. The number of hydrogen-bond acceptors (Lipinski definition) is 5. The van der Waals surface area contributed by atoms with E-state index >= 15 is 0 Å². The maximum absolute atomic E-state index is 12.9. The average molecular weight is 561 g/mol. The molecule has 0 bridgehead atoms. The highest BCUT2D eigenvalue weighted by Gasteiger charge is 2.39. The molecule has 0 aromatic heterocycles. The van der Waals surface area contributed by atoms with E-state index in [1.807, 2.05) is 13.0 Å². The van der Waals surface area contributed by atoms with Gasteiger partial charge in [-0.25, -0.2) is 0 Å². The molecule has 4 N–H and O–H groups in total. The summed E-state index contributed by atoms with van der Waals surface area (Å²) in [7, 11) is 1.58. The summed E-state index contributed by atoms with van der Waals surface area (Å²) in [6, 6.07) is 9.61. The molecule has 1 saturated carbocycles. The van der Waals surface area contributed by atoms with E-state index in [4.69, 9.17) is 0 Å². The van der Waals surface area contributed by atoms with Gasteiger partial charge in [-0.1, -0.05) is 12.1 Å². The molecule has 0 unspecified atom stereocenters. The molecule has 2 fully saturated rings. The van der Waals surface area contributed by atoms with Crippen molar-refractivity contribution < 1.29 is 32.7 Å². The van der Waals surface area contributed by atoms with Crippen LogP contribution in [0.4, 0.5) is 13.2 Å². The topological polar surface area (TPSA) is 111 Å². The first-order chi connectivity index (χ1) is 18.9. The monoisotopic (exact) mass is 560 g/mol. The van der Waals surface area contributed by atoms with Crippen LogP contribution in [0.2, 0.25) is 0 Å². The van der Waals surface area contributed by atoms with Crippen LogP contribution < -0.4 is 16.0 Å². The quantitative estimate of drug-likeness (QED) is 0.416. The van der Waals surface area contributed by atoms with Gasteiger partial charge in [-0.05, 0) is 80.5 Å². The van der Waals surface area contributed by atoms with Crippen LogP contribution in [0.5, 0.6) is 0 Å². The molecule has 1 aliphatic heterocycles. The normalized spacial score (nSPS) is 23.4. The van der Waals surface area contributed by atoms with Gasteiger partial charge in [0.1, 0.15) is 0 Å². The molecular formula is C29H35F3N4O4. The van der Waals surface area contributed by atoms with Gasteiger partial charge in [0, 0.05) is 43.3 Å². The Labute approximate surface area is 231 Å². The fourth-order valence-corrected chi connectivity index (χ4v) is 5.80. The van der Waals surface area contributed by atoms with Gasteiger partial charge in [0.2, 0.25) is 5.91 Å². The van der Waals surface area contributed by atoms with Crippen molar-refractivity contribution in [1.29, 1.82) is 0 Å². The summed E-state index contributed by atoms with van der Waals surface area (Å²) >= 11 is 0. The van der Waals surface area contributed by atoms with Crippen LogP contribution in [0.1, 0.15) is 69.5 Å². The summed E-state index contributed by atoms with van der Waals surface area (Å²) in [5, 5.41) is 19.3. The van der Waals surface area contributed by atoms with Crippen LogP contribution in [0, 0.1) is 6.92 Å². The van der Waals surface area contributed by atoms with E-state index in [0.29, 0.717) is 24.9 Å². The number of nitrogens with one attached hydrogen (secondary N) is 3. The Balaban J connectivity index is 1.24. The molecule has 2 aliphatic rings. The third kappa shape index (κ3) is 6.82. The van der Waals surface area contributed by atoms with Gasteiger partial charge in [-0.15, -0.1) is 0 Å². The molecule has 0 spiro atoms. The lowest BCUT2D eigenvalue weighted by atomic mass is 9.75. The van der Waals surface area contributed by atoms with Crippen molar-refractivity contribution in [2.45, 2.75) is 62.9 Å². The zero-order valence-electron chi connectivity index (χ0n) is 22.6. The number of hydrogen-bond donors (Lipinski definition) is 4. The van der Waals surface area contributed by atoms with E-state index < -0.39 is 29.2 Å². The van der Waals surface area contributed by atoms with Crippen LogP contribution in [-0.2, 0) is 16.6 Å². The van der Waals surface area contributed by atoms with Crippen molar-refractivity contribution in [2.24, 2.45) is 0 Å².